The Kier molecular flexibility index (Phi) is 5.26. The van der Waals surface area contributed by atoms with Crippen LogP contribution < -0.4 is 10.1 Å². The fourth-order valence-corrected chi connectivity index (χ4v) is 3.83. The number of aliphatic hydroxyl groups is 1. The summed E-state index contributed by atoms with van der Waals surface area (Å²) in [6.07, 6.45) is 7.15. The average molecular weight is 375 g/mol. The number of aromatic nitrogens is 2. The summed E-state index contributed by atoms with van der Waals surface area (Å²) in [5.41, 5.74) is 1.39. The number of anilines is 2. The molecule has 4 rings (SSSR count). The van der Waals surface area contributed by atoms with Gasteiger partial charge >= 0.3 is 0 Å². The van der Waals surface area contributed by atoms with Crippen molar-refractivity contribution in [1.82, 2.24) is 9.97 Å². The van der Waals surface area contributed by atoms with E-state index in [1.165, 1.54) is 0 Å². The van der Waals surface area contributed by atoms with E-state index in [2.05, 4.69) is 21.4 Å². The molecule has 1 fully saturated rings. The van der Waals surface area contributed by atoms with Gasteiger partial charge in [-0.1, -0.05) is 12.1 Å². The second-order valence-electron chi connectivity index (χ2n) is 7.65. The molecule has 0 radical (unpaired) electrons. The highest BCUT2D eigenvalue weighted by Gasteiger charge is 2.32. The molecule has 1 saturated carbocycles. The van der Waals surface area contributed by atoms with Gasteiger partial charge in [0.1, 0.15) is 11.6 Å². The predicted octanol–water partition coefficient (Wildman–Crippen LogP) is 5.42. The van der Waals surface area contributed by atoms with Gasteiger partial charge in [0, 0.05) is 23.6 Å². The molecule has 2 N–H and O–H groups in total. The van der Waals surface area contributed by atoms with Crippen molar-refractivity contribution in [3.05, 3.63) is 72.6 Å². The van der Waals surface area contributed by atoms with Gasteiger partial charge in [-0.2, -0.15) is 0 Å². The smallest absolute Gasteiger partial charge is 0.222 e. The topological polar surface area (TPSA) is 67.3 Å². The highest BCUT2D eigenvalue weighted by Crippen LogP contribution is 2.41. The summed E-state index contributed by atoms with van der Waals surface area (Å²) in [4.78, 5) is 8.72. The predicted molar refractivity (Wildman–Crippen MR) is 110 cm³/mol. The Balaban J connectivity index is 1.49. The quantitative estimate of drug-likeness (QED) is 0.623. The van der Waals surface area contributed by atoms with Crippen LogP contribution in [0.1, 0.15) is 44.1 Å². The molecule has 0 spiro atoms. The molecule has 0 amide bonds. The Morgan fingerprint density at radius 1 is 1.04 bits per heavy atom. The van der Waals surface area contributed by atoms with E-state index in [0.29, 0.717) is 5.88 Å². The van der Waals surface area contributed by atoms with E-state index in [-0.39, 0.29) is 5.92 Å². The molecule has 28 heavy (non-hydrogen) atoms. The van der Waals surface area contributed by atoms with Crippen molar-refractivity contribution in [1.29, 1.82) is 0 Å². The number of pyridine rings is 2. The maximum Gasteiger partial charge on any atom is 0.222 e. The van der Waals surface area contributed by atoms with E-state index in [1.54, 1.807) is 12.4 Å². The van der Waals surface area contributed by atoms with E-state index >= 15 is 0 Å². The van der Waals surface area contributed by atoms with Gasteiger partial charge in [0.2, 0.25) is 5.88 Å². The van der Waals surface area contributed by atoms with Crippen molar-refractivity contribution in [3.8, 4) is 11.6 Å². The molecule has 0 bridgehead atoms. The van der Waals surface area contributed by atoms with Crippen LogP contribution in [0.5, 0.6) is 11.6 Å². The number of ether oxygens (including phenoxy) is 1. The zero-order valence-corrected chi connectivity index (χ0v) is 16.0. The lowest BCUT2D eigenvalue weighted by molar-refractivity contribution is 0.0142. The number of nitrogens with zero attached hydrogens (tertiary/aromatic N) is 2. The number of nitrogens with one attached hydrogen (secondary N) is 1. The van der Waals surface area contributed by atoms with Gasteiger partial charge in [0.15, 0.2) is 0 Å². The van der Waals surface area contributed by atoms with Crippen LogP contribution in [0, 0.1) is 0 Å². The highest BCUT2D eigenvalue weighted by atomic mass is 16.5. The lowest BCUT2D eigenvalue weighted by Crippen LogP contribution is -2.30. The zero-order chi connectivity index (χ0) is 19.4. The van der Waals surface area contributed by atoms with Gasteiger partial charge in [-0.3, -0.25) is 0 Å². The number of hydrogen-bond donors (Lipinski definition) is 2. The first kappa shape index (κ1) is 18.4. The SMILES string of the molecule is C[C@]1(O)CCC[C@H](c2cccnc2Oc2ccc(Nc3ccccn3)cc2)C1. The van der Waals surface area contributed by atoms with Crippen molar-refractivity contribution in [2.45, 2.75) is 44.1 Å². The van der Waals surface area contributed by atoms with E-state index in [9.17, 15) is 5.11 Å². The molecule has 1 aliphatic rings. The Hall–Kier alpha value is -2.92. The summed E-state index contributed by atoms with van der Waals surface area (Å²) in [7, 11) is 0. The van der Waals surface area contributed by atoms with Crippen molar-refractivity contribution in [2.24, 2.45) is 0 Å². The summed E-state index contributed by atoms with van der Waals surface area (Å²) in [6.45, 7) is 1.92. The molecule has 5 nitrogen and oxygen atoms in total. The first-order valence-corrected chi connectivity index (χ1v) is 9.72. The molecule has 1 aromatic carbocycles. The molecule has 2 atom stereocenters. The van der Waals surface area contributed by atoms with Crippen LogP contribution in [-0.2, 0) is 0 Å². The lowest BCUT2D eigenvalue weighted by Gasteiger charge is -2.34. The molecular weight excluding hydrogens is 350 g/mol. The van der Waals surface area contributed by atoms with E-state index < -0.39 is 5.60 Å². The van der Waals surface area contributed by atoms with Crippen LogP contribution in [0.15, 0.2) is 67.0 Å². The molecule has 1 aliphatic carbocycles. The van der Waals surface area contributed by atoms with Crippen LogP contribution in [0.3, 0.4) is 0 Å². The van der Waals surface area contributed by atoms with Crippen LogP contribution in [0.4, 0.5) is 11.5 Å². The van der Waals surface area contributed by atoms with Gasteiger partial charge in [-0.15, -0.1) is 0 Å². The minimum absolute atomic E-state index is 0.262. The summed E-state index contributed by atoms with van der Waals surface area (Å²) in [5, 5.41) is 13.7. The third-order valence-corrected chi connectivity index (χ3v) is 5.20. The summed E-state index contributed by atoms with van der Waals surface area (Å²) < 4.78 is 6.10. The fraction of sp³-hybridized carbons (Fsp3) is 0.304. The second kappa shape index (κ2) is 7.98. The third kappa shape index (κ3) is 4.49. The summed E-state index contributed by atoms with van der Waals surface area (Å²) in [5.74, 6) is 2.41. The van der Waals surface area contributed by atoms with Crippen molar-refractivity contribution in [2.75, 3.05) is 5.32 Å². The van der Waals surface area contributed by atoms with Gasteiger partial charge in [0.25, 0.3) is 0 Å². The molecule has 2 aromatic heterocycles. The average Bonchev–Trinajstić information content (AvgIpc) is 2.70. The fourth-order valence-electron chi connectivity index (χ4n) is 3.83. The minimum Gasteiger partial charge on any atom is -0.439 e. The summed E-state index contributed by atoms with van der Waals surface area (Å²) in [6, 6.07) is 17.5. The van der Waals surface area contributed by atoms with Crippen LogP contribution in [-0.4, -0.2) is 20.7 Å². The third-order valence-electron chi connectivity index (χ3n) is 5.20. The van der Waals surface area contributed by atoms with Crippen LogP contribution in [0.2, 0.25) is 0 Å². The Morgan fingerprint density at radius 2 is 1.86 bits per heavy atom. The summed E-state index contributed by atoms with van der Waals surface area (Å²) >= 11 is 0. The number of hydrogen-bond acceptors (Lipinski definition) is 5. The molecule has 144 valence electrons. The van der Waals surface area contributed by atoms with Gasteiger partial charge in [0.05, 0.1) is 5.60 Å². The normalized spacial score (nSPS) is 21.9. The van der Waals surface area contributed by atoms with Crippen molar-refractivity contribution < 1.29 is 9.84 Å². The first-order chi connectivity index (χ1) is 13.6. The Labute approximate surface area is 165 Å². The van der Waals surface area contributed by atoms with Crippen LogP contribution in [0.25, 0.3) is 0 Å². The van der Waals surface area contributed by atoms with E-state index in [0.717, 1.165) is 48.5 Å². The standard InChI is InChI=1S/C23H25N3O2/c1-23(27)13-4-6-17(16-23)20-7-5-15-25-22(20)28-19-11-9-18(10-12-19)26-21-8-2-3-14-24-21/h2-3,5,7-12,14-15,17,27H,4,6,13,16H2,1H3,(H,24,26)/t17-,23-/m0/s1. The van der Waals surface area contributed by atoms with Gasteiger partial charge < -0.3 is 15.2 Å². The van der Waals surface area contributed by atoms with Gasteiger partial charge in [-0.05, 0) is 81.0 Å². The molecular formula is C23H25N3O2. The lowest BCUT2D eigenvalue weighted by atomic mass is 9.76. The van der Waals surface area contributed by atoms with Gasteiger partial charge in [-0.25, -0.2) is 9.97 Å². The molecule has 5 heteroatoms. The van der Waals surface area contributed by atoms with Crippen molar-refractivity contribution >= 4 is 11.5 Å². The molecule has 3 aromatic rings. The molecule has 0 unspecified atom stereocenters. The number of benzene rings is 1. The Morgan fingerprint density at radius 3 is 2.61 bits per heavy atom. The van der Waals surface area contributed by atoms with Crippen LogP contribution >= 0.6 is 0 Å². The zero-order valence-electron chi connectivity index (χ0n) is 16.0. The first-order valence-electron chi connectivity index (χ1n) is 9.72. The van der Waals surface area contributed by atoms with E-state index in [4.69, 9.17) is 4.74 Å². The monoisotopic (exact) mass is 375 g/mol. The molecule has 2 heterocycles. The maximum absolute atomic E-state index is 10.5. The second-order valence-corrected chi connectivity index (χ2v) is 7.65. The molecule has 0 saturated heterocycles. The van der Waals surface area contributed by atoms with E-state index in [1.807, 2.05) is 55.5 Å². The molecule has 0 aliphatic heterocycles. The number of rotatable bonds is 5. The minimum atomic E-state index is -0.616. The Bertz CT molecular complexity index is 911. The largest absolute Gasteiger partial charge is 0.439 e. The maximum atomic E-state index is 10.5. The highest BCUT2D eigenvalue weighted by molar-refractivity contribution is 5.57. The van der Waals surface area contributed by atoms with Crippen molar-refractivity contribution in [3.63, 3.8) is 0 Å².